The number of aromatic nitrogens is 3. The van der Waals surface area contributed by atoms with E-state index in [0.717, 1.165) is 63.1 Å². The van der Waals surface area contributed by atoms with Crippen molar-refractivity contribution in [1.29, 1.82) is 0 Å². The van der Waals surface area contributed by atoms with Crippen molar-refractivity contribution < 1.29 is 14.7 Å². The molecule has 204 valence electrons. The molecule has 4 unspecified atom stereocenters. The Morgan fingerprint density at radius 1 is 1.13 bits per heavy atom. The number of carbonyl (C=O) groups excluding carboxylic acids is 1. The molecule has 0 radical (unpaired) electrons. The summed E-state index contributed by atoms with van der Waals surface area (Å²) in [6.45, 7) is 8.02. The summed E-state index contributed by atoms with van der Waals surface area (Å²) >= 11 is 0. The van der Waals surface area contributed by atoms with E-state index in [9.17, 15) is 14.7 Å². The van der Waals surface area contributed by atoms with Crippen LogP contribution in [0.4, 0.5) is 5.69 Å². The van der Waals surface area contributed by atoms with Gasteiger partial charge in [0.2, 0.25) is 5.82 Å². The zero-order valence-corrected chi connectivity index (χ0v) is 22.6. The molecule has 1 aromatic carbocycles. The Labute approximate surface area is 228 Å². The molecule has 2 N–H and O–H groups in total. The molecule has 2 aliphatic carbocycles. The van der Waals surface area contributed by atoms with Crippen LogP contribution in [0.15, 0.2) is 42.6 Å². The second-order valence-corrected chi connectivity index (χ2v) is 12.5. The zero-order chi connectivity index (χ0) is 26.9. The molecule has 0 spiro atoms. The smallest absolute Gasteiger partial charge is 0.307 e. The van der Waals surface area contributed by atoms with Gasteiger partial charge in [-0.25, -0.2) is 9.50 Å². The number of carboxylic acid groups (broad SMARTS) is 1. The third-order valence-corrected chi connectivity index (χ3v) is 9.88. The molecule has 5 atom stereocenters. The van der Waals surface area contributed by atoms with Gasteiger partial charge < -0.3 is 15.3 Å². The normalized spacial score (nSPS) is 32.1. The first kappa shape index (κ1) is 24.6. The molecular formula is C30H36N6O3. The molecule has 39 heavy (non-hydrogen) atoms. The largest absolute Gasteiger partial charge is 0.481 e. The van der Waals surface area contributed by atoms with Crippen LogP contribution in [-0.4, -0.2) is 74.7 Å². The van der Waals surface area contributed by atoms with Gasteiger partial charge in [0.05, 0.1) is 17.8 Å². The summed E-state index contributed by atoms with van der Waals surface area (Å²) in [7, 11) is 0. The van der Waals surface area contributed by atoms with Crippen LogP contribution in [0.5, 0.6) is 0 Å². The lowest BCUT2D eigenvalue weighted by molar-refractivity contribution is -0.139. The van der Waals surface area contributed by atoms with Crippen molar-refractivity contribution in [3.8, 4) is 0 Å². The lowest BCUT2D eigenvalue weighted by atomic mass is 9.82. The van der Waals surface area contributed by atoms with Gasteiger partial charge in [0.25, 0.3) is 5.91 Å². The number of rotatable bonds is 6. The van der Waals surface area contributed by atoms with Gasteiger partial charge in [-0.15, -0.1) is 5.10 Å². The lowest BCUT2D eigenvalue weighted by Crippen LogP contribution is -2.38. The molecule has 4 aliphatic rings. The second-order valence-electron chi connectivity index (χ2n) is 12.5. The number of hydrogen-bond acceptors (Lipinski definition) is 6. The number of pyridine rings is 1. The summed E-state index contributed by atoms with van der Waals surface area (Å²) in [5.74, 6) is -0.158. The van der Waals surface area contributed by atoms with Crippen molar-refractivity contribution in [1.82, 2.24) is 24.8 Å². The number of piperidine rings is 1. The predicted octanol–water partition coefficient (Wildman–Crippen LogP) is 3.12. The molecule has 7 rings (SSSR count). The summed E-state index contributed by atoms with van der Waals surface area (Å²) in [6, 6.07) is 13.4. The van der Waals surface area contributed by atoms with Gasteiger partial charge in [0.1, 0.15) is 0 Å². The number of hydrogen-bond donors (Lipinski definition) is 2. The fraction of sp³-hybridized carbons (Fsp3) is 0.533. The van der Waals surface area contributed by atoms with Crippen LogP contribution >= 0.6 is 0 Å². The van der Waals surface area contributed by atoms with Crippen LogP contribution in [0.3, 0.4) is 0 Å². The second kappa shape index (κ2) is 9.05. The Morgan fingerprint density at radius 3 is 2.64 bits per heavy atom. The SMILES string of the molecule is Cc1cc(N2CC[C@](C)(c3ccccc3)C2)cn2nc(C(=O)NC3CCC(N4CC5C(C4)C5C(=O)O)C3)nc12. The van der Waals surface area contributed by atoms with E-state index in [1.807, 2.05) is 13.1 Å². The highest BCUT2D eigenvalue weighted by Crippen LogP contribution is 2.53. The van der Waals surface area contributed by atoms with E-state index >= 15 is 0 Å². The Kier molecular flexibility index (Phi) is 5.70. The van der Waals surface area contributed by atoms with E-state index < -0.39 is 5.97 Å². The topological polar surface area (TPSA) is 103 Å². The molecule has 4 fully saturated rings. The van der Waals surface area contributed by atoms with Crippen LogP contribution in [0.2, 0.25) is 0 Å². The number of amides is 1. The van der Waals surface area contributed by atoms with Crippen LogP contribution in [0, 0.1) is 24.7 Å². The fourth-order valence-electron chi connectivity index (χ4n) is 7.55. The summed E-state index contributed by atoms with van der Waals surface area (Å²) in [6.07, 6.45) is 5.93. The third-order valence-electron chi connectivity index (χ3n) is 9.88. The maximum Gasteiger partial charge on any atom is 0.307 e. The van der Waals surface area contributed by atoms with Gasteiger partial charge in [-0.1, -0.05) is 37.3 Å². The molecule has 4 heterocycles. The summed E-state index contributed by atoms with van der Waals surface area (Å²) in [4.78, 5) is 33.8. The number of carboxylic acids is 1. The van der Waals surface area contributed by atoms with E-state index in [4.69, 9.17) is 0 Å². The maximum absolute atomic E-state index is 13.1. The summed E-state index contributed by atoms with van der Waals surface area (Å²) in [5.41, 5.74) is 4.28. The Bertz CT molecular complexity index is 1430. The number of aliphatic carboxylic acids is 1. The Morgan fingerprint density at radius 2 is 1.90 bits per heavy atom. The van der Waals surface area contributed by atoms with Gasteiger partial charge in [-0.3, -0.25) is 14.5 Å². The minimum atomic E-state index is -0.644. The first-order valence-corrected chi connectivity index (χ1v) is 14.2. The average molecular weight is 529 g/mol. The molecule has 9 heteroatoms. The molecule has 1 amide bonds. The number of benzene rings is 1. The van der Waals surface area contributed by atoms with Crippen molar-refractivity contribution in [2.24, 2.45) is 17.8 Å². The minimum absolute atomic E-state index is 0.0956. The summed E-state index contributed by atoms with van der Waals surface area (Å²) < 4.78 is 1.75. The molecule has 9 nitrogen and oxygen atoms in total. The standard InChI is InChI=1S/C30H36N6O3/c1-18-12-22(34-11-10-30(2,17-34)19-6-4-3-5-7-19)14-36-27(18)32-26(33-36)28(37)31-20-8-9-21(13-20)35-15-23-24(16-35)25(23)29(38)39/h3-7,12,14,20-21,23-25H,8-11,13,15-17H2,1-2H3,(H,31,37)(H,38,39)/t20?,21?,23?,24?,25?,30-/m0/s1. The Balaban J connectivity index is 1.00. The number of anilines is 1. The monoisotopic (exact) mass is 528 g/mol. The zero-order valence-electron chi connectivity index (χ0n) is 22.6. The number of carbonyl (C=O) groups is 2. The van der Waals surface area contributed by atoms with Crippen LogP contribution in [0.25, 0.3) is 5.65 Å². The van der Waals surface area contributed by atoms with Crippen molar-refractivity contribution in [3.63, 3.8) is 0 Å². The molecule has 2 saturated heterocycles. The first-order valence-electron chi connectivity index (χ1n) is 14.2. The van der Waals surface area contributed by atoms with E-state index in [0.29, 0.717) is 23.5 Å². The highest BCUT2D eigenvalue weighted by molar-refractivity contribution is 5.91. The van der Waals surface area contributed by atoms with Crippen LogP contribution in [0.1, 0.15) is 54.4 Å². The summed E-state index contributed by atoms with van der Waals surface area (Å²) in [5, 5.41) is 17.0. The number of nitrogens with one attached hydrogen (secondary N) is 1. The quantitative estimate of drug-likeness (QED) is 0.507. The molecule has 3 aromatic rings. The highest BCUT2D eigenvalue weighted by Gasteiger charge is 2.60. The number of fused-ring (bicyclic) bond motifs is 2. The maximum atomic E-state index is 13.1. The predicted molar refractivity (Wildman–Crippen MR) is 147 cm³/mol. The lowest BCUT2D eigenvalue weighted by Gasteiger charge is -2.26. The van der Waals surface area contributed by atoms with Gasteiger partial charge >= 0.3 is 5.97 Å². The number of aryl methyl sites for hydroxylation is 1. The minimum Gasteiger partial charge on any atom is -0.481 e. The van der Waals surface area contributed by atoms with E-state index in [2.05, 4.69) is 68.5 Å². The number of nitrogens with zero attached hydrogens (tertiary/aromatic N) is 5. The van der Waals surface area contributed by atoms with Crippen LogP contribution in [-0.2, 0) is 10.2 Å². The molecule has 2 saturated carbocycles. The molecule has 2 aromatic heterocycles. The third kappa shape index (κ3) is 4.27. The fourth-order valence-corrected chi connectivity index (χ4v) is 7.55. The van der Waals surface area contributed by atoms with Gasteiger partial charge in [-0.2, -0.15) is 0 Å². The van der Waals surface area contributed by atoms with E-state index in [-0.39, 0.29) is 29.1 Å². The van der Waals surface area contributed by atoms with Crippen LogP contribution < -0.4 is 10.2 Å². The Hall–Kier alpha value is -3.46. The van der Waals surface area contributed by atoms with Crippen molar-refractivity contribution in [2.45, 2.75) is 57.0 Å². The van der Waals surface area contributed by atoms with Crippen molar-refractivity contribution >= 4 is 23.2 Å². The van der Waals surface area contributed by atoms with E-state index in [1.54, 1.807) is 4.52 Å². The molecule has 2 aliphatic heterocycles. The first-order chi connectivity index (χ1) is 18.8. The van der Waals surface area contributed by atoms with Crippen molar-refractivity contribution in [2.75, 3.05) is 31.1 Å². The number of likely N-dealkylation sites (tertiary alicyclic amines) is 1. The van der Waals surface area contributed by atoms with Gasteiger partial charge in [0.15, 0.2) is 5.65 Å². The van der Waals surface area contributed by atoms with Gasteiger partial charge in [-0.05, 0) is 61.6 Å². The average Bonchev–Trinajstić information content (AvgIpc) is 3.48. The van der Waals surface area contributed by atoms with E-state index in [1.165, 1.54) is 5.56 Å². The van der Waals surface area contributed by atoms with Crippen molar-refractivity contribution in [3.05, 3.63) is 59.5 Å². The van der Waals surface area contributed by atoms with Gasteiger partial charge in [0, 0.05) is 43.7 Å². The molecular weight excluding hydrogens is 492 g/mol. The molecule has 0 bridgehead atoms. The highest BCUT2D eigenvalue weighted by atomic mass is 16.4.